The summed E-state index contributed by atoms with van der Waals surface area (Å²) >= 11 is 3.33. The highest BCUT2D eigenvalue weighted by Crippen LogP contribution is 2.14. The molecule has 0 atom stereocenters. The molecule has 0 fully saturated rings. The number of carbonyl (C=O) groups excluding carboxylic acids is 3. The predicted octanol–water partition coefficient (Wildman–Crippen LogP) is 4.60. The number of hydrogen-bond acceptors (Lipinski definition) is 3. The maximum absolute atomic E-state index is 12.6. The van der Waals surface area contributed by atoms with Gasteiger partial charge in [-0.15, -0.1) is 0 Å². The Hall–Kier alpha value is -2.47. The molecular weight excluding hydrogens is 420 g/mol. The SMILES string of the molecule is CCCN(CC(=O)Nc1ccccc1C)C(=O)CCC(=O)c1ccc(Br)cc1. The number of anilines is 1. The molecule has 0 bridgehead atoms. The monoisotopic (exact) mass is 444 g/mol. The van der Waals surface area contributed by atoms with Crippen molar-refractivity contribution in [1.82, 2.24) is 4.90 Å². The lowest BCUT2D eigenvalue weighted by Crippen LogP contribution is -2.38. The van der Waals surface area contributed by atoms with Gasteiger partial charge in [0.2, 0.25) is 11.8 Å². The maximum atomic E-state index is 12.6. The molecule has 0 saturated carbocycles. The Labute approximate surface area is 174 Å². The van der Waals surface area contributed by atoms with E-state index in [4.69, 9.17) is 0 Å². The number of nitrogens with one attached hydrogen (secondary N) is 1. The van der Waals surface area contributed by atoms with Crippen LogP contribution in [0.25, 0.3) is 0 Å². The first-order chi connectivity index (χ1) is 13.4. The van der Waals surface area contributed by atoms with Gasteiger partial charge in [0.15, 0.2) is 5.78 Å². The Morgan fingerprint density at radius 1 is 1.00 bits per heavy atom. The minimum atomic E-state index is -0.240. The van der Waals surface area contributed by atoms with Crippen LogP contribution in [0.3, 0.4) is 0 Å². The fourth-order valence-electron chi connectivity index (χ4n) is 2.80. The highest BCUT2D eigenvalue weighted by molar-refractivity contribution is 9.10. The van der Waals surface area contributed by atoms with Crippen LogP contribution < -0.4 is 5.32 Å². The van der Waals surface area contributed by atoms with Crippen LogP contribution in [0.4, 0.5) is 5.69 Å². The molecule has 148 valence electrons. The van der Waals surface area contributed by atoms with Gasteiger partial charge in [0.1, 0.15) is 0 Å². The molecule has 1 N–H and O–H groups in total. The van der Waals surface area contributed by atoms with Gasteiger partial charge in [-0.25, -0.2) is 0 Å². The normalized spacial score (nSPS) is 10.4. The zero-order valence-electron chi connectivity index (χ0n) is 16.2. The highest BCUT2D eigenvalue weighted by atomic mass is 79.9. The van der Waals surface area contributed by atoms with Crippen LogP contribution in [0.1, 0.15) is 42.1 Å². The number of rotatable bonds is 9. The number of halogens is 1. The molecule has 28 heavy (non-hydrogen) atoms. The Bertz CT molecular complexity index is 834. The van der Waals surface area contributed by atoms with E-state index in [1.807, 2.05) is 38.1 Å². The van der Waals surface area contributed by atoms with Gasteiger partial charge in [0, 0.05) is 35.1 Å². The van der Waals surface area contributed by atoms with Crippen molar-refractivity contribution in [2.45, 2.75) is 33.1 Å². The number of carbonyl (C=O) groups is 3. The molecule has 0 aromatic heterocycles. The second-order valence-corrected chi connectivity index (χ2v) is 7.52. The van der Waals surface area contributed by atoms with Crippen LogP contribution in [-0.2, 0) is 9.59 Å². The summed E-state index contributed by atoms with van der Waals surface area (Å²) in [6, 6.07) is 14.6. The van der Waals surface area contributed by atoms with E-state index in [1.165, 1.54) is 4.90 Å². The molecule has 0 aliphatic rings. The van der Waals surface area contributed by atoms with Gasteiger partial charge < -0.3 is 10.2 Å². The van der Waals surface area contributed by atoms with Crippen molar-refractivity contribution in [3.05, 3.63) is 64.1 Å². The molecule has 0 saturated heterocycles. The standard InChI is InChI=1S/C22H25BrN2O3/c1-3-14-25(15-21(27)24-19-7-5-4-6-16(19)2)22(28)13-12-20(26)17-8-10-18(23)11-9-17/h4-11H,3,12-15H2,1-2H3,(H,24,27). The van der Waals surface area contributed by atoms with Crippen LogP contribution in [0.5, 0.6) is 0 Å². The summed E-state index contributed by atoms with van der Waals surface area (Å²) in [6.45, 7) is 4.32. The number of para-hydroxylation sites is 1. The Balaban J connectivity index is 1.91. The van der Waals surface area contributed by atoms with Crippen molar-refractivity contribution in [1.29, 1.82) is 0 Å². The van der Waals surface area contributed by atoms with Gasteiger partial charge in [-0.3, -0.25) is 14.4 Å². The summed E-state index contributed by atoms with van der Waals surface area (Å²) in [7, 11) is 0. The summed E-state index contributed by atoms with van der Waals surface area (Å²) < 4.78 is 0.897. The molecule has 6 heteroatoms. The van der Waals surface area contributed by atoms with E-state index in [0.717, 1.165) is 22.1 Å². The van der Waals surface area contributed by atoms with Gasteiger partial charge in [0.05, 0.1) is 6.54 Å². The fourth-order valence-corrected chi connectivity index (χ4v) is 3.06. The van der Waals surface area contributed by atoms with Crippen LogP contribution in [0.15, 0.2) is 53.0 Å². The number of nitrogens with zero attached hydrogens (tertiary/aromatic N) is 1. The average molecular weight is 445 g/mol. The Kier molecular flexibility index (Phi) is 8.39. The first kappa shape index (κ1) is 21.8. The van der Waals surface area contributed by atoms with E-state index >= 15 is 0 Å². The zero-order chi connectivity index (χ0) is 20.5. The second kappa shape index (κ2) is 10.8. The van der Waals surface area contributed by atoms with Gasteiger partial charge in [-0.2, -0.15) is 0 Å². The minimum absolute atomic E-state index is 0.0204. The molecule has 0 unspecified atom stereocenters. The third-order valence-electron chi connectivity index (χ3n) is 4.33. The smallest absolute Gasteiger partial charge is 0.244 e. The lowest BCUT2D eigenvalue weighted by atomic mass is 10.1. The van der Waals surface area contributed by atoms with Gasteiger partial charge in [-0.1, -0.05) is 53.2 Å². The highest BCUT2D eigenvalue weighted by Gasteiger charge is 2.18. The van der Waals surface area contributed by atoms with Crippen molar-refractivity contribution >= 4 is 39.2 Å². The molecule has 5 nitrogen and oxygen atoms in total. The van der Waals surface area contributed by atoms with E-state index in [9.17, 15) is 14.4 Å². The van der Waals surface area contributed by atoms with E-state index in [1.54, 1.807) is 24.3 Å². The van der Waals surface area contributed by atoms with Crippen LogP contribution in [0.2, 0.25) is 0 Å². The van der Waals surface area contributed by atoms with Crippen molar-refractivity contribution in [3.8, 4) is 0 Å². The van der Waals surface area contributed by atoms with Crippen molar-refractivity contribution < 1.29 is 14.4 Å². The molecule has 2 aromatic carbocycles. The Morgan fingerprint density at radius 2 is 1.68 bits per heavy atom. The second-order valence-electron chi connectivity index (χ2n) is 6.61. The summed E-state index contributed by atoms with van der Waals surface area (Å²) in [6.07, 6.45) is 0.955. The first-order valence-corrected chi connectivity index (χ1v) is 10.1. The molecule has 0 aliphatic carbocycles. The van der Waals surface area contributed by atoms with E-state index < -0.39 is 0 Å². The molecule has 2 aromatic rings. The molecule has 2 amide bonds. The molecule has 0 radical (unpaired) electrons. The average Bonchev–Trinajstić information content (AvgIpc) is 2.68. The number of ketones is 1. The van der Waals surface area contributed by atoms with Gasteiger partial charge >= 0.3 is 0 Å². The minimum Gasteiger partial charge on any atom is -0.333 e. The third kappa shape index (κ3) is 6.60. The summed E-state index contributed by atoms with van der Waals surface area (Å²) in [5.41, 5.74) is 2.28. The van der Waals surface area contributed by atoms with Gasteiger partial charge in [0.25, 0.3) is 0 Å². The first-order valence-electron chi connectivity index (χ1n) is 9.32. The summed E-state index contributed by atoms with van der Waals surface area (Å²) in [5.74, 6) is -0.510. The lowest BCUT2D eigenvalue weighted by Gasteiger charge is -2.22. The number of hydrogen-bond donors (Lipinski definition) is 1. The summed E-state index contributed by atoms with van der Waals surface area (Å²) in [5, 5.41) is 2.85. The number of amides is 2. The topological polar surface area (TPSA) is 66.5 Å². The molecule has 0 spiro atoms. The van der Waals surface area contributed by atoms with E-state index in [2.05, 4.69) is 21.2 Å². The predicted molar refractivity (Wildman–Crippen MR) is 114 cm³/mol. The largest absolute Gasteiger partial charge is 0.333 e. The van der Waals surface area contributed by atoms with Crippen LogP contribution in [0, 0.1) is 6.92 Å². The van der Waals surface area contributed by atoms with Crippen LogP contribution >= 0.6 is 15.9 Å². The fraction of sp³-hybridized carbons (Fsp3) is 0.318. The molecule has 0 heterocycles. The Morgan fingerprint density at radius 3 is 2.32 bits per heavy atom. The zero-order valence-corrected chi connectivity index (χ0v) is 17.8. The van der Waals surface area contributed by atoms with Crippen molar-refractivity contribution in [3.63, 3.8) is 0 Å². The van der Waals surface area contributed by atoms with Crippen molar-refractivity contribution in [2.24, 2.45) is 0 Å². The lowest BCUT2D eigenvalue weighted by molar-refractivity contribution is -0.134. The summed E-state index contributed by atoms with van der Waals surface area (Å²) in [4.78, 5) is 38.7. The maximum Gasteiger partial charge on any atom is 0.244 e. The van der Waals surface area contributed by atoms with E-state index in [0.29, 0.717) is 12.1 Å². The van der Waals surface area contributed by atoms with Crippen LogP contribution in [-0.4, -0.2) is 35.6 Å². The van der Waals surface area contributed by atoms with Gasteiger partial charge in [-0.05, 0) is 37.1 Å². The molecule has 0 aliphatic heterocycles. The quantitative estimate of drug-likeness (QED) is 0.574. The van der Waals surface area contributed by atoms with Crippen molar-refractivity contribution in [2.75, 3.05) is 18.4 Å². The molecule has 2 rings (SSSR count). The third-order valence-corrected chi connectivity index (χ3v) is 4.86. The molecular formula is C22H25BrN2O3. The number of aryl methyl sites for hydroxylation is 1. The number of Topliss-reactive ketones (excluding diaryl/α,β-unsaturated/α-hetero) is 1. The van der Waals surface area contributed by atoms with E-state index in [-0.39, 0.29) is 37.0 Å². The number of benzene rings is 2.